The Kier molecular flexibility index (Phi) is 4.53. The van der Waals surface area contributed by atoms with Gasteiger partial charge in [-0.3, -0.25) is 9.88 Å². The van der Waals surface area contributed by atoms with Crippen molar-refractivity contribution in [3.8, 4) is 5.75 Å². The van der Waals surface area contributed by atoms with Crippen LogP contribution in [0.15, 0.2) is 42.6 Å². The van der Waals surface area contributed by atoms with Gasteiger partial charge in [0.2, 0.25) is 0 Å². The number of hydrogen-bond donors (Lipinski definition) is 0. The highest BCUT2D eigenvalue weighted by molar-refractivity contribution is 5.58. The van der Waals surface area contributed by atoms with Gasteiger partial charge in [-0.15, -0.1) is 0 Å². The first kappa shape index (κ1) is 14.8. The topological polar surface area (TPSA) is 28.6 Å². The molecule has 0 amide bonds. The molecule has 0 atom stereocenters. The minimum absolute atomic E-state index is 0.227. The monoisotopic (exact) mass is 301 g/mol. The first-order valence-electron chi connectivity index (χ1n) is 7.47. The SMILES string of the molecule is COc1ccccc1N1CCN(Cc2ncccc2F)CC1. The highest BCUT2D eigenvalue weighted by Crippen LogP contribution is 2.28. The van der Waals surface area contributed by atoms with Crippen molar-refractivity contribution in [2.45, 2.75) is 6.54 Å². The van der Waals surface area contributed by atoms with Gasteiger partial charge in [-0.25, -0.2) is 4.39 Å². The van der Waals surface area contributed by atoms with Crippen molar-refractivity contribution in [2.24, 2.45) is 0 Å². The zero-order valence-corrected chi connectivity index (χ0v) is 12.7. The Labute approximate surface area is 130 Å². The van der Waals surface area contributed by atoms with Gasteiger partial charge in [0.25, 0.3) is 0 Å². The van der Waals surface area contributed by atoms with Gasteiger partial charge in [0.15, 0.2) is 0 Å². The standard InChI is InChI=1S/C17H20FN3O/c1-22-17-7-3-2-6-16(17)21-11-9-20(10-12-21)13-15-14(18)5-4-8-19-15/h2-8H,9-13H2,1H3. The van der Waals surface area contributed by atoms with Gasteiger partial charge < -0.3 is 9.64 Å². The summed E-state index contributed by atoms with van der Waals surface area (Å²) < 4.78 is 19.1. The van der Waals surface area contributed by atoms with Crippen LogP contribution < -0.4 is 9.64 Å². The van der Waals surface area contributed by atoms with E-state index >= 15 is 0 Å². The second-order valence-corrected chi connectivity index (χ2v) is 5.37. The second kappa shape index (κ2) is 6.75. The molecule has 0 bridgehead atoms. The highest BCUT2D eigenvalue weighted by Gasteiger charge is 2.20. The molecule has 0 saturated carbocycles. The van der Waals surface area contributed by atoms with E-state index in [1.807, 2.05) is 18.2 Å². The summed E-state index contributed by atoms with van der Waals surface area (Å²) in [5, 5.41) is 0. The molecule has 0 radical (unpaired) electrons. The number of ether oxygens (including phenoxy) is 1. The summed E-state index contributed by atoms with van der Waals surface area (Å²) in [4.78, 5) is 8.67. The molecule has 0 unspecified atom stereocenters. The fourth-order valence-corrected chi connectivity index (χ4v) is 2.78. The first-order valence-corrected chi connectivity index (χ1v) is 7.47. The summed E-state index contributed by atoms with van der Waals surface area (Å²) in [5.41, 5.74) is 1.64. The zero-order valence-electron chi connectivity index (χ0n) is 12.7. The number of para-hydroxylation sites is 2. The number of methoxy groups -OCH3 is 1. The Morgan fingerprint density at radius 2 is 1.86 bits per heavy atom. The lowest BCUT2D eigenvalue weighted by Gasteiger charge is -2.36. The fourth-order valence-electron chi connectivity index (χ4n) is 2.78. The minimum atomic E-state index is -0.227. The van der Waals surface area contributed by atoms with Crippen molar-refractivity contribution in [1.29, 1.82) is 0 Å². The Morgan fingerprint density at radius 3 is 2.59 bits per heavy atom. The summed E-state index contributed by atoms with van der Waals surface area (Å²) >= 11 is 0. The van der Waals surface area contributed by atoms with Crippen molar-refractivity contribution < 1.29 is 9.13 Å². The summed E-state index contributed by atoms with van der Waals surface area (Å²) in [6.07, 6.45) is 1.64. The number of halogens is 1. The number of piperazine rings is 1. The third kappa shape index (κ3) is 3.20. The van der Waals surface area contributed by atoms with E-state index in [0.29, 0.717) is 12.2 Å². The van der Waals surface area contributed by atoms with E-state index in [4.69, 9.17) is 4.74 Å². The predicted octanol–water partition coefficient (Wildman–Crippen LogP) is 2.55. The Hall–Kier alpha value is -2.14. The number of hydrogen-bond acceptors (Lipinski definition) is 4. The van der Waals surface area contributed by atoms with Crippen molar-refractivity contribution in [3.05, 3.63) is 54.1 Å². The molecule has 3 rings (SSSR count). The van der Waals surface area contributed by atoms with Crippen LogP contribution in [-0.4, -0.2) is 43.2 Å². The van der Waals surface area contributed by atoms with Crippen molar-refractivity contribution in [1.82, 2.24) is 9.88 Å². The Morgan fingerprint density at radius 1 is 1.09 bits per heavy atom. The van der Waals surface area contributed by atoms with Gasteiger partial charge in [-0.1, -0.05) is 12.1 Å². The molecule has 1 aromatic carbocycles. The predicted molar refractivity (Wildman–Crippen MR) is 84.7 cm³/mol. The molecular formula is C17H20FN3O. The molecule has 2 heterocycles. The third-order valence-electron chi connectivity index (χ3n) is 4.01. The number of pyridine rings is 1. The molecule has 0 aliphatic carbocycles. The summed E-state index contributed by atoms with van der Waals surface area (Å²) in [5.74, 6) is 0.668. The van der Waals surface area contributed by atoms with E-state index in [1.165, 1.54) is 6.07 Å². The molecule has 1 saturated heterocycles. The highest BCUT2D eigenvalue weighted by atomic mass is 19.1. The lowest BCUT2D eigenvalue weighted by molar-refractivity contribution is 0.243. The molecule has 1 aliphatic rings. The average molecular weight is 301 g/mol. The van der Waals surface area contributed by atoms with E-state index in [9.17, 15) is 4.39 Å². The molecule has 1 aromatic heterocycles. The molecule has 2 aromatic rings. The van der Waals surface area contributed by atoms with Crippen LogP contribution in [0.3, 0.4) is 0 Å². The molecule has 0 N–H and O–H groups in total. The molecule has 116 valence electrons. The molecule has 5 heteroatoms. The summed E-state index contributed by atoms with van der Waals surface area (Å²) in [6, 6.07) is 11.1. The van der Waals surface area contributed by atoms with Crippen LogP contribution in [0.25, 0.3) is 0 Å². The maximum absolute atomic E-state index is 13.7. The number of nitrogens with zero attached hydrogens (tertiary/aromatic N) is 3. The smallest absolute Gasteiger partial charge is 0.146 e. The van der Waals surface area contributed by atoms with Crippen LogP contribution >= 0.6 is 0 Å². The minimum Gasteiger partial charge on any atom is -0.495 e. The Balaban J connectivity index is 1.62. The lowest BCUT2D eigenvalue weighted by atomic mass is 10.2. The second-order valence-electron chi connectivity index (χ2n) is 5.37. The molecular weight excluding hydrogens is 281 g/mol. The maximum atomic E-state index is 13.7. The van der Waals surface area contributed by atoms with E-state index < -0.39 is 0 Å². The van der Waals surface area contributed by atoms with E-state index in [2.05, 4.69) is 20.9 Å². The Bertz CT molecular complexity index is 627. The van der Waals surface area contributed by atoms with Crippen molar-refractivity contribution in [2.75, 3.05) is 38.2 Å². The van der Waals surface area contributed by atoms with Crippen molar-refractivity contribution in [3.63, 3.8) is 0 Å². The summed E-state index contributed by atoms with van der Waals surface area (Å²) in [7, 11) is 1.69. The van der Waals surface area contributed by atoms with Crippen LogP contribution in [0.5, 0.6) is 5.75 Å². The van der Waals surface area contributed by atoms with Crippen LogP contribution in [-0.2, 0) is 6.54 Å². The van der Waals surface area contributed by atoms with Gasteiger partial charge in [-0.05, 0) is 24.3 Å². The van der Waals surface area contributed by atoms with Gasteiger partial charge >= 0.3 is 0 Å². The van der Waals surface area contributed by atoms with Gasteiger partial charge in [0.1, 0.15) is 11.6 Å². The van der Waals surface area contributed by atoms with E-state index in [-0.39, 0.29) is 5.82 Å². The van der Waals surface area contributed by atoms with Crippen LogP contribution in [0.2, 0.25) is 0 Å². The number of rotatable bonds is 4. The normalized spacial score (nSPS) is 15.8. The fraction of sp³-hybridized carbons (Fsp3) is 0.353. The summed E-state index contributed by atoms with van der Waals surface area (Å²) in [6.45, 7) is 4.12. The van der Waals surface area contributed by atoms with E-state index in [0.717, 1.165) is 37.6 Å². The average Bonchev–Trinajstić information content (AvgIpc) is 2.58. The zero-order chi connectivity index (χ0) is 15.4. The molecule has 1 fully saturated rings. The van der Waals surface area contributed by atoms with Gasteiger partial charge in [0, 0.05) is 38.9 Å². The molecule has 4 nitrogen and oxygen atoms in total. The molecule has 1 aliphatic heterocycles. The van der Waals surface area contributed by atoms with Gasteiger partial charge in [-0.2, -0.15) is 0 Å². The van der Waals surface area contributed by atoms with E-state index in [1.54, 1.807) is 19.4 Å². The van der Waals surface area contributed by atoms with Crippen molar-refractivity contribution >= 4 is 5.69 Å². The number of anilines is 1. The van der Waals surface area contributed by atoms with Crippen LogP contribution in [0.4, 0.5) is 10.1 Å². The lowest BCUT2D eigenvalue weighted by Crippen LogP contribution is -2.46. The largest absolute Gasteiger partial charge is 0.495 e. The quantitative estimate of drug-likeness (QED) is 0.868. The first-order chi connectivity index (χ1) is 10.8. The number of benzene rings is 1. The number of aromatic nitrogens is 1. The third-order valence-corrected chi connectivity index (χ3v) is 4.01. The van der Waals surface area contributed by atoms with Crippen LogP contribution in [0.1, 0.15) is 5.69 Å². The molecule has 22 heavy (non-hydrogen) atoms. The van der Waals surface area contributed by atoms with Crippen LogP contribution in [0, 0.1) is 5.82 Å². The van der Waals surface area contributed by atoms with Gasteiger partial charge in [0.05, 0.1) is 18.5 Å². The molecule has 0 spiro atoms. The maximum Gasteiger partial charge on any atom is 0.146 e.